The molecule has 2 heterocycles. The Hall–Kier alpha value is -1.13. The Morgan fingerprint density at radius 1 is 1.25 bits per heavy atom. The molecule has 4 heteroatoms. The predicted octanol–water partition coefficient (Wildman–Crippen LogP) is 3.85. The van der Waals surface area contributed by atoms with Crippen LogP contribution in [-0.2, 0) is 0 Å². The molecule has 0 aliphatic carbocycles. The van der Waals surface area contributed by atoms with E-state index in [1.807, 2.05) is 6.20 Å². The van der Waals surface area contributed by atoms with E-state index in [4.69, 9.17) is 0 Å². The molecule has 106 valence electrons. The van der Waals surface area contributed by atoms with Crippen molar-refractivity contribution in [1.82, 2.24) is 15.1 Å². The molecule has 0 bridgehead atoms. The Morgan fingerprint density at radius 3 is 2.70 bits per heavy atom. The quantitative estimate of drug-likeness (QED) is 0.904. The number of nitrogens with one attached hydrogen (secondary N) is 1. The van der Waals surface area contributed by atoms with Gasteiger partial charge in [0.05, 0.1) is 12.2 Å². The summed E-state index contributed by atoms with van der Waals surface area (Å²) in [6.45, 7) is 6.47. The van der Waals surface area contributed by atoms with Crippen LogP contribution < -0.4 is 5.32 Å². The molecule has 0 atom stereocenters. The highest BCUT2D eigenvalue weighted by Crippen LogP contribution is 2.30. The summed E-state index contributed by atoms with van der Waals surface area (Å²) in [6, 6.07) is 7.06. The van der Waals surface area contributed by atoms with Crippen LogP contribution in [0.25, 0.3) is 11.1 Å². The van der Waals surface area contributed by atoms with Gasteiger partial charge in [-0.2, -0.15) is 5.10 Å². The summed E-state index contributed by atoms with van der Waals surface area (Å²) in [4.78, 5) is 0. The number of aromatic nitrogens is 2. The predicted molar refractivity (Wildman–Crippen MR) is 86.0 cm³/mol. The minimum atomic E-state index is 0.541. The van der Waals surface area contributed by atoms with Gasteiger partial charge in [0.25, 0.3) is 0 Å². The SMILES string of the molecule is Cc1ccc(-c2cnn(C3CCNCC3)c2C)cc1Br. The van der Waals surface area contributed by atoms with Crippen molar-refractivity contribution in [1.29, 1.82) is 0 Å². The zero-order chi connectivity index (χ0) is 14.1. The van der Waals surface area contributed by atoms with E-state index in [1.54, 1.807) is 0 Å². The summed E-state index contributed by atoms with van der Waals surface area (Å²) in [7, 11) is 0. The van der Waals surface area contributed by atoms with Gasteiger partial charge in [0.1, 0.15) is 0 Å². The fourth-order valence-electron chi connectivity index (χ4n) is 2.89. The number of nitrogens with zero attached hydrogens (tertiary/aromatic N) is 2. The zero-order valence-electron chi connectivity index (χ0n) is 12.0. The van der Waals surface area contributed by atoms with Gasteiger partial charge < -0.3 is 5.32 Å². The topological polar surface area (TPSA) is 29.9 Å². The maximum atomic E-state index is 4.64. The number of piperidine rings is 1. The maximum absolute atomic E-state index is 4.64. The molecule has 1 fully saturated rings. The number of rotatable bonds is 2. The molecule has 0 spiro atoms. The molecule has 0 amide bonds. The molecule has 3 rings (SSSR count). The smallest absolute Gasteiger partial charge is 0.0571 e. The average Bonchev–Trinajstić information content (AvgIpc) is 2.85. The van der Waals surface area contributed by atoms with E-state index in [2.05, 4.69) is 63.1 Å². The molecule has 1 aliphatic heterocycles. The molecule has 1 aromatic heterocycles. The van der Waals surface area contributed by atoms with Crippen molar-refractivity contribution in [2.45, 2.75) is 32.7 Å². The molecule has 0 saturated carbocycles. The molecular weight excluding hydrogens is 314 g/mol. The van der Waals surface area contributed by atoms with Gasteiger partial charge in [-0.15, -0.1) is 0 Å². The molecular formula is C16H20BrN3. The third kappa shape index (κ3) is 2.54. The van der Waals surface area contributed by atoms with E-state index in [0.29, 0.717) is 6.04 Å². The Morgan fingerprint density at radius 2 is 2.00 bits per heavy atom. The summed E-state index contributed by atoms with van der Waals surface area (Å²) in [5.41, 5.74) is 5.01. The molecule has 1 aromatic carbocycles. The minimum absolute atomic E-state index is 0.541. The summed E-state index contributed by atoms with van der Waals surface area (Å²) in [6.07, 6.45) is 4.34. The van der Waals surface area contributed by atoms with Crippen LogP contribution in [0.2, 0.25) is 0 Å². The first-order valence-electron chi connectivity index (χ1n) is 7.18. The van der Waals surface area contributed by atoms with E-state index in [1.165, 1.54) is 35.2 Å². The Labute approximate surface area is 128 Å². The molecule has 0 unspecified atom stereocenters. The molecule has 20 heavy (non-hydrogen) atoms. The lowest BCUT2D eigenvalue weighted by atomic mass is 10.0. The molecule has 1 saturated heterocycles. The lowest BCUT2D eigenvalue weighted by molar-refractivity contribution is 0.338. The Kier molecular flexibility index (Phi) is 3.94. The molecule has 3 nitrogen and oxygen atoms in total. The monoisotopic (exact) mass is 333 g/mol. The minimum Gasteiger partial charge on any atom is -0.317 e. The maximum Gasteiger partial charge on any atom is 0.0571 e. The van der Waals surface area contributed by atoms with Crippen LogP contribution >= 0.6 is 15.9 Å². The van der Waals surface area contributed by atoms with Crippen molar-refractivity contribution in [2.24, 2.45) is 0 Å². The second-order valence-electron chi connectivity index (χ2n) is 5.53. The normalized spacial score (nSPS) is 16.6. The zero-order valence-corrected chi connectivity index (χ0v) is 13.6. The van der Waals surface area contributed by atoms with Gasteiger partial charge in [-0.05, 0) is 57.0 Å². The first-order chi connectivity index (χ1) is 9.66. The number of benzene rings is 1. The number of hydrogen-bond acceptors (Lipinski definition) is 2. The summed E-state index contributed by atoms with van der Waals surface area (Å²) in [5, 5.41) is 8.05. The fourth-order valence-corrected chi connectivity index (χ4v) is 3.27. The van der Waals surface area contributed by atoms with Gasteiger partial charge in [-0.1, -0.05) is 28.1 Å². The molecule has 1 N–H and O–H groups in total. The van der Waals surface area contributed by atoms with Crippen LogP contribution in [0, 0.1) is 13.8 Å². The first kappa shape index (κ1) is 13.8. The first-order valence-corrected chi connectivity index (χ1v) is 7.97. The van der Waals surface area contributed by atoms with Crippen molar-refractivity contribution in [3.63, 3.8) is 0 Å². The van der Waals surface area contributed by atoms with E-state index in [-0.39, 0.29) is 0 Å². The van der Waals surface area contributed by atoms with Gasteiger partial charge in [-0.3, -0.25) is 4.68 Å². The summed E-state index contributed by atoms with van der Waals surface area (Å²) >= 11 is 3.62. The lowest BCUT2D eigenvalue weighted by Gasteiger charge is -2.24. The van der Waals surface area contributed by atoms with Crippen molar-refractivity contribution < 1.29 is 0 Å². The third-order valence-electron chi connectivity index (χ3n) is 4.18. The number of aryl methyl sites for hydroxylation is 1. The highest BCUT2D eigenvalue weighted by molar-refractivity contribution is 9.10. The van der Waals surface area contributed by atoms with E-state index in [0.717, 1.165) is 17.6 Å². The van der Waals surface area contributed by atoms with Crippen molar-refractivity contribution in [2.75, 3.05) is 13.1 Å². The molecule has 2 aromatic rings. The average molecular weight is 334 g/mol. The second-order valence-corrected chi connectivity index (χ2v) is 6.39. The van der Waals surface area contributed by atoms with Gasteiger partial charge >= 0.3 is 0 Å². The number of hydrogen-bond donors (Lipinski definition) is 1. The van der Waals surface area contributed by atoms with Crippen LogP contribution in [-0.4, -0.2) is 22.9 Å². The van der Waals surface area contributed by atoms with Crippen LogP contribution in [0.5, 0.6) is 0 Å². The highest BCUT2D eigenvalue weighted by Gasteiger charge is 2.19. The largest absolute Gasteiger partial charge is 0.317 e. The fraction of sp³-hybridized carbons (Fsp3) is 0.438. The van der Waals surface area contributed by atoms with Crippen LogP contribution in [0.15, 0.2) is 28.9 Å². The number of halogens is 1. The third-order valence-corrected chi connectivity index (χ3v) is 5.04. The van der Waals surface area contributed by atoms with E-state index >= 15 is 0 Å². The van der Waals surface area contributed by atoms with Gasteiger partial charge in [0, 0.05) is 15.7 Å². The van der Waals surface area contributed by atoms with Crippen molar-refractivity contribution >= 4 is 15.9 Å². The molecule has 0 radical (unpaired) electrons. The highest BCUT2D eigenvalue weighted by atomic mass is 79.9. The summed E-state index contributed by atoms with van der Waals surface area (Å²) < 4.78 is 3.37. The van der Waals surface area contributed by atoms with Crippen molar-refractivity contribution in [3.8, 4) is 11.1 Å². The molecule has 1 aliphatic rings. The second kappa shape index (κ2) is 5.70. The summed E-state index contributed by atoms with van der Waals surface area (Å²) in [5.74, 6) is 0. The van der Waals surface area contributed by atoms with Gasteiger partial charge in [-0.25, -0.2) is 0 Å². The lowest BCUT2D eigenvalue weighted by Crippen LogP contribution is -2.30. The van der Waals surface area contributed by atoms with Crippen LogP contribution in [0.1, 0.15) is 30.1 Å². The Balaban J connectivity index is 1.94. The van der Waals surface area contributed by atoms with Gasteiger partial charge in [0.2, 0.25) is 0 Å². The van der Waals surface area contributed by atoms with Crippen molar-refractivity contribution in [3.05, 3.63) is 40.1 Å². The van der Waals surface area contributed by atoms with E-state index in [9.17, 15) is 0 Å². The standard InChI is InChI=1S/C16H20BrN3/c1-11-3-4-13(9-16(11)17)15-10-19-20(12(15)2)14-5-7-18-8-6-14/h3-4,9-10,14,18H,5-8H2,1-2H3. The van der Waals surface area contributed by atoms with Gasteiger partial charge in [0.15, 0.2) is 0 Å². The van der Waals surface area contributed by atoms with Crippen LogP contribution in [0.3, 0.4) is 0 Å². The van der Waals surface area contributed by atoms with Crippen LogP contribution in [0.4, 0.5) is 0 Å². The van der Waals surface area contributed by atoms with E-state index < -0.39 is 0 Å². The Bertz CT molecular complexity index is 612.